The fourth-order valence-electron chi connectivity index (χ4n) is 2.21. The van der Waals surface area contributed by atoms with E-state index in [0.717, 1.165) is 11.1 Å². The molecule has 2 rings (SSSR count). The number of nitrogens with one attached hydrogen (secondary N) is 1. The maximum absolute atomic E-state index is 5.75. The van der Waals surface area contributed by atoms with Gasteiger partial charge in [0.15, 0.2) is 0 Å². The van der Waals surface area contributed by atoms with Crippen LogP contribution in [0, 0.1) is 13.8 Å². The quantitative estimate of drug-likeness (QED) is 0.651. The largest absolute Gasteiger partial charge is 0.481 e. The van der Waals surface area contributed by atoms with Crippen LogP contribution in [0.1, 0.15) is 28.3 Å². The van der Waals surface area contributed by atoms with Crippen LogP contribution in [-0.4, -0.2) is 12.1 Å². The van der Waals surface area contributed by atoms with E-state index >= 15 is 0 Å². The highest BCUT2D eigenvalue weighted by molar-refractivity contribution is 5.42. The summed E-state index contributed by atoms with van der Waals surface area (Å²) in [5.74, 6) is 6.34. The van der Waals surface area contributed by atoms with Crippen molar-refractivity contribution < 1.29 is 4.74 Å². The van der Waals surface area contributed by atoms with E-state index in [2.05, 4.69) is 42.5 Å². The molecule has 0 fully saturated rings. The SMILES string of the molecule is COc1ncccc1C(NN)c1cc(C)ccc1C. The number of hydrazine groups is 1. The van der Waals surface area contributed by atoms with E-state index in [-0.39, 0.29) is 6.04 Å². The van der Waals surface area contributed by atoms with Crippen LogP contribution >= 0.6 is 0 Å². The van der Waals surface area contributed by atoms with Crippen molar-refractivity contribution in [2.45, 2.75) is 19.9 Å². The third-order valence-corrected chi connectivity index (χ3v) is 3.22. The molecule has 0 saturated carbocycles. The number of aryl methyl sites for hydroxylation is 2. The van der Waals surface area contributed by atoms with Gasteiger partial charge >= 0.3 is 0 Å². The van der Waals surface area contributed by atoms with Crippen LogP contribution in [-0.2, 0) is 0 Å². The summed E-state index contributed by atoms with van der Waals surface area (Å²) in [4.78, 5) is 4.23. The first-order valence-electron chi connectivity index (χ1n) is 6.19. The number of hydrogen-bond donors (Lipinski definition) is 2. The number of pyridine rings is 1. The van der Waals surface area contributed by atoms with Crippen molar-refractivity contribution in [1.82, 2.24) is 10.4 Å². The Labute approximate surface area is 113 Å². The lowest BCUT2D eigenvalue weighted by Gasteiger charge is -2.21. The van der Waals surface area contributed by atoms with Crippen LogP contribution in [0.25, 0.3) is 0 Å². The Morgan fingerprint density at radius 2 is 2.00 bits per heavy atom. The Morgan fingerprint density at radius 1 is 1.21 bits per heavy atom. The van der Waals surface area contributed by atoms with Crippen molar-refractivity contribution >= 4 is 0 Å². The Balaban J connectivity index is 2.53. The summed E-state index contributed by atoms with van der Waals surface area (Å²) in [6.45, 7) is 4.14. The molecule has 0 aliphatic carbocycles. The lowest BCUT2D eigenvalue weighted by molar-refractivity contribution is 0.387. The van der Waals surface area contributed by atoms with Gasteiger partial charge in [0.05, 0.1) is 13.2 Å². The molecule has 1 unspecified atom stereocenters. The van der Waals surface area contributed by atoms with Gasteiger partial charge in [-0.25, -0.2) is 10.4 Å². The molecule has 0 spiro atoms. The molecule has 0 radical (unpaired) electrons. The molecule has 3 N–H and O–H groups in total. The first kappa shape index (κ1) is 13.5. The van der Waals surface area contributed by atoms with E-state index in [4.69, 9.17) is 10.6 Å². The van der Waals surface area contributed by atoms with E-state index in [9.17, 15) is 0 Å². The fourth-order valence-corrected chi connectivity index (χ4v) is 2.21. The summed E-state index contributed by atoms with van der Waals surface area (Å²) in [7, 11) is 1.61. The van der Waals surface area contributed by atoms with Gasteiger partial charge in [-0.1, -0.05) is 29.8 Å². The average Bonchev–Trinajstić information content (AvgIpc) is 2.44. The molecule has 0 aliphatic rings. The molecular formula is C15H19N3O. The second kappa shape index (κ2) is 5.82. The predicted octanol–water partition coefficient (Wildman–Crippen LogP) is 2.26. The monoisotopic (exact) mass is 257 g/mol. The molecule has 4 nitrogen and oxygen atoms in total. The van der Waals surface area contributed by atoms with Crippen molar-refractivity contribution in [2.24, 2.45) is 5.84 Å². The van der Waals surface area contributed by atoms with Crippen LogP contribution in [0.15, 0.2) is 36.5 Å². The van der Waals surface area contributed by atoms with Crippen molar-refractivity contribution in [3.63, 3.8) is 0 Å². The van der Waals surface area contributed by atoms with E-state index in [1.807, 2.05) is 12.1 Å². The van der Waals surface area contributed by atoms with Crippen LogP contribution in [0.4, 0.5) is 0 Å². The zero-order valence-electron chi connectivity index (χ0n) is 11.5. The highest BCUT2D eigenvalue weighted by atomic mass is 16.5. The van der Waals surface area contributed by atoms with Gasteiger partial charge in [0.2, 0.25) is 5.88 Å². The van der Waals surface area contributed by atoms with Gasteiger partial charge in [0, 0.05) is 11.8 Å². The molecule has 100 valence electrons. The average molecular weight is 257 g/mol. The first-order valence-corrected chi connectivity index (χ1v) is 6.19. The van der Waals surface area contributed by atoms with Crippen molar-refractivity contribution in [3.05, 3.63) is 58.8 Å². The molecule has 19 heavy (non-hydrogen) atoms. The van der Waals surface area contributed by atoms with E-state index in [1.54, 1.807) is 13.3 Å². The minimum atomic E-state index is -0.136. The maximum atomic E-state index is 5.75. The number of ether oxygens (including phenoxy) is 1. The molecule has 0 saturated heterocycles. The summed E-state index contributed by atoms with van der Waals surface area (Å²) in [6, 6.07) is 10.0. The molecule has 1 aromatic carbocycles. The normalized spacial score (nSPS) is 12.2. The van der Waals surface area contributed by atoms with Crippen molar-refractivity contribution in [3.8, 4) is 5.88 Å². The topological polar surface area (TPSA) is 60.2 Å². The number of methoxy groups -OCH3 is 1. The number of aromatic nitrogens is 1. The number of nitrogens with two attached hydrogens (primary N) is 1. The fraction of sp³-hybridized carbons (Fsp3) is 0.267. The van der Waals surface area contributed by atoms with Crippen molar-refractivity contribution in [2.75, 3.05) is 7.11 Å². The summed E-state index contributed by atoms with van der Waals surface area (Å²) in [6.07, 6.45) is 1.71. The third-order valence-electron chi connectivity index (χ3n) is 3.22. The number of hydrogen-bond acceptors (Lipinski definition) is 4. The molecule has 1 aromatic heterocycles. The predicted molar refractivity (Wildman–Crippen MR) is 75.9 cm³/mol. The van der Waals surface area contributed by atoms with Gasteiger partial charge in [-0.05, 0) is 31.0 Å². The highest BCUT2D eigenvalue weighted by Gasteiger charge is 2.19. The minimum absolute atomic E-state index is 0.136. The van der Waals surface area contributed by atoms with Gasteiger partial charge in [-0.2, -0.15) is 0 Å². The molecule has 2 aromatic rings. The second-order valence-electron chi connectivity index (χ2n) is 4.56. The van der Waals surface area contributed by atoms with Crippen LogP contribution in [0.5, 0.6) is 5.88 Å². The van der Waals surface area contributed by atoms with Crippen LogP contribution in [0.2, 0.25) is 0 Å². The first-order chi connectivity index (χ1) is 9.17. The maximum Gasteiger partial charge on any atom is 0.218 e. The Hall–Kier alpha value is -1.91. The standard InChI is InChI=1S/C15H19N3O/c1-10-6-7-11(2)13(9-10)14(18-16)12-5-4-8-17-15(12)19-3/h4-9,14,18H,16H2,1-3H3. The van der Waals surface area contributed by atoms with E-state index < -0.39 is 0 Å². The molecule has 0 aliphatic heterocycles. The van der Waals surface area contributed by atoms with Gasteiger partial charge in [-0.15, -0.1) is 0 Å². The van der Waals surface area contributed by atoms with Gasteiger partial charge in [0.1, 0.15) is 0 Å². The molecule has 4 heteroatoms. The van der Waals surface area contributed by atoms with Crippen molar-refractivity contribution in [1.29, 1.82) is 0 Å². The number of rotatable bonds is 4. The zero-order valence-corrected chi connectivity index (χ0v) is 11.5. The van der Waals surface area contributed by atoms with Gasteiger partial charge in [-0.3, -0.25) is 5.84 Å². The molecule has 1 atom stereocenters. The molecular weight excluding hydrogens is 238 g/mol. The molecule has 0 amide bonds. The smallest absolute Gasteiger partial charge is 0.218 e. The third kappa shape index (κ3) is 2.75. The van der Waals surface area contributed by atoms with Crippen LogP contribution in [0.3, 0.4) is 0 Å². The highest BCUT2D eigenvalue weighted by Crippen LogP contribution is 2.29. The summed E-state index contributed by atoms with van der Waals surface area (Å²) < 4.78 is 5.31. The molecule has 1 heterocycles. The Kier molecular flexibility index (Phi) is 4.14. The summed E-state index contributed by atoms with van der Waals surface area (Å²) in [5, 5.41) is 0. The Bertz CT molecular complexity index is 569. The Morgan fingerprint density at radius 3 is 2.68 bits per heavy atom. The summed E-state index contributed by atoms with van der Waals surface area (Å²) >= 11 is 0. The van der Waals surface area contributed by atoms with Crippen LogP contribution < -0.4 is 16.0 Å². The zero-order chi connectivity index (χ0) is 13.8. The lowest BCUT2D eigenvalue weighted by atomic mass is 9.94. The van der Waals surface area contributed by atoms with E-state index in [0.29, 0.717) is 5.88 Å². The van der Waals surface area contributed by atoms with Gasteiger partial charge < -0.3 is 4.74 Å². The summed E-state index contributed by atoms with van der Waals surface area (Å²) in [5.41, 5.74) is 7.30. The number of benzene rings is 1. The van der Waals surface area contributed by atoms with Gasteiger partial charge in [0.25, 0.3) is 0 Å². The number of nitrogens with zero attached hydrogens (tertiary/aromatic N) is 1. The minimum Gasteiger partial charge on any atom is -0.481 e. The second-order valence-corrected chi connectivity index (χ2v) is 4.56. The molecule has 0 bridgehead atoms. The van der Waals surface area contributed by atoms with E-state index in [1.165, 1.54) is 11.1 Å². The lowest BCUT2D eigenvalue weighted by Crippen LogP contribution is -2.30.